The SMILES string of the molecule is CC[C@]12CC[C@H]3[C@@H](CCC4=CC(=O)CC[C@@H]43)[C@@H]1CC[C@@]2(O)/C=C/OC(=O)c1ccccc1. The van der Waals surface area contributed by atoms with Crippen LogP contribution in [0.3, 0.4) is 0 Å². The lowest BCUT2D eigenvalue weighted by molar-refractivity contribution is -0.117. The molecule has 0 unspecified atom stereocenters. The van der Waals surface area contributed by atoms with E-state index in [0.29, 0.717) is 41.4 Å². The number of fused-ring (bicyclic) bond motifs is 5. The van der Waals surface area contributed by atoms with E-state index in [1.54, 1.807) is 18.2 Å². The number of ether oxygens (including phenoxy) is 1. The Morgan fingerprint density at radius 1 is 1.09 bits per heavy atom. The van der Waals surface area contributed by atoms with Gasteiger partial charge >= 0.3 is 5.97 Å². The van der Waals surface area contributed by atoms with Crippen molar-refractivity contribution < 1.29 is 19.4 Å². The standard InChI is InChI=1S/C28H34O4/c1-2-27-14-12-23-22-11-9-21(29)18-20(22)8-10-24(23)25(27)13-15-28(27,31)16-17-32-26(30)19-6-4-3-5-7-19/h3-7,16-18,22-25,31H,2,8-15H2,1H3/b17-16+/t22-,23+,24+,25-,27-,28+/m0/s1. The third-order valence-corrected chi connectivity index (χ3v) is 9.37. The van der Waals surface area contributed by atoms with Crippen LogP contribution in [0, 0.1) is 29.1 Å². The lowest BCUT2D eigenvalue weighted by atomic mass is 9.49. The molecule has 0 radical (unpaired) electrons. The lowest BCUT2D eigenvalue weighted by Gasteiger charge is -2.56. The summed E-state index contributed by atoms with van der Waals surface area (Å²) >= 11 is 0. The number of esters is 1. The predicted molar refractivity (Wildman–Crippen MR) is 123 cm³/mol. The summed E-state index contributed by atoms with van der Waals surface area (Å²) in [5, 5.41) is 11.8. The second-order valence-electron chi connectivity index (χ2n) is 10.4. The molecule has 0 aromatic heterocycles. The first kappa shape index (κ1) is 21.6. The molecule has 4 aliphatic rings. The zero-order valence-corrected chi connectivity index (χ0v) is 19.0. The molecule has 4 aliphatic carbocycles. The molecule has 4 heteroatoms. The third kappa shape index (κ3) is 3.39. The highest BCUT2D eigenvalue weighted by atomic mass is 16.5. The first-order chi connectivity index (χ1) is 15.5. The van der Waals surface area contributed by atoms with Gasteiger partial charge in [0.05, 0.1) is 17.4 Å². The molecule has 0 amide bonds. The van der Waals surface area contributed by atoms with Crippen molar-refractivity contribution in [3.8, 4) is 0 Å². The van der Waals surface area contributed by atoms with Crippen molar-refractivity contribution in [3.05, 3.63) is 59.9 Å². The van der Waals surface area contributed by atoms with Crippen molar-refractivity contribution in [2.75, 3.05) is 0 Å². The fourth-order valence-electron chi connectivity index (χ4n) is 7.89. The Bertz CT molecular complexity index is 947. The number of hydrogen-bond donors (Lipinski definition) is 1. The minimum atomic E-state index is -0.937. The summed E-state index contributed by atoms with van der Waals surface area (Å²) in [4.78, 5) is 24.2. The second kappa shape index (κ2) is 8.30. The number of carbonyl (C=O) groups excluding carboxylic acids is 2. The highest BCUT2D eigenvalue weighted by molar-refractivity contribution is 5.91. The number of hydrogen-bond acceptors (Lipinski definition) is 4. The summed E-state index contributed by atoms with van der Waals surface area (Å²) < 4.78 is 5.39. The summed E-state index contributed by atoms with van der Waals surface area (Å²) in [6, 6.07) is 8.95. The molecule has 0 saturated heterocycles. The van der Waals surface area contributed by atoms with Gasteiger partial charge in [-0.2, -0.15) is 0 Å². The Kier molecular flexibility index (Phi) is 5.61. The number of aliphatic hydroxyl groups is 1. The number of benzene rings is 1. The summed E-state index contributed by atoms with van der Waals surface area (Å²) in [5.74, 6) is 2.23. The molecule has 6 atom stereocenters. The fourth-order valence-corrected chi connectivity index (χ4v) is 7.89. The van der Waals surface area contributed by atoms with Crippen LogP contribution in [0.15, 0.2) is 54.3 Å². The van der Waals surface area contributed by atoms with Crippen molar-refractivity contribution in [2.45, 2.75) is 70.3 Å². The monoisotopic (exact) mass is 434 g/mol. The summed E-state index contributed by atoms with van der Waals surface area (Å²) in [6.45, 7) is 2.21. The van der Waals surface area contributed by atoms with Crippen LogP contribution in [0.5, 0.6) is 0 Å². The molecule has 0 heterocycles. The number of ketones is 1. The van der Waals surface area contributed by atoms with Crippen LogP contribution >= 0.6 is 0 Å². The van der Waals surface area contributed by atoms with E-state index >= 15 is 0 Å². The normalized spacial score (nSPS) is 38.6. The van der Waals surface area contributed by atoms with Gasteiger partial charge in [0.15, 0.2) is 5.78 Å². The smallest absolute Gasteiger partial charge is 0.342 e. The van der Waals surface area contributed by atoms with E-state index in [0.717, 1.165) is 51.4 Å². The minimum absolute atomic E-state index is 0.157. The molecular weight excluding hydrogens is 400 g/mol. The van der Waals surface area contributed by atoms with E-state index in [-0.39, 0.29) is 5.41 Å². The molecule has 0 aliphatic heterocycles. The highest BCUT2D eigenvalue weighted by Gasteiger charge is 2.62. The van der Waals surface area contributed by atoms with Crippen molar-refractivity contribution in [1.82, 2.24) is 0 Å². The van der Waals surface area contributed by atoms with Gasteiger partial charge in [0.25, 0.3) is 0 Å². The van der Waals surface area contributed by atoms with Gasteiger partial charge in [0.2, 0.25) is 0 Å². The predicted octanol–water partition coefficient (Wildman–Crippen LogP) is 5.62. The van der Waals surface area contributed by atoms with Gasteiger partial charge in [0, 0.05) is 11.8 Å². The van der Waals surface area contributed by atoms with E-state index in [1.807, 2.05) is 24.3 Å². The first-order valence-electron chi connectivity index (χ1n) is 12.4. The fraction of sp³-hybridized carbons (Fsp3) is 0.571. The number of carbonyl (C=O) groups is 2. The van der Waals surface area contributed by atoms with Gasteiger partial charge in [-0.3, -0.25) is 4.79 Å². The highest BCUT2D eigenvalue weighted by Crippen LogP contribution is 2.66. The average Bonchev–Trinajstić information content (AvgIpc) is 3.12. The van der Waals surface area contributed by atoms with E-state index in [9.17, 15) is 14.7 Å². The van der Waals surface area contributed by atoms with Gasteiger partial charge < -0.3 is 9.84 Å². The Hall–Kier alpha value is -2.20. The molecular formula is C28H34O4. The van der Waals surface area contributed by atoms with Crippen LogP contribution in [0.1, 0.15) is 75.1 Å². The maximum Gasteiger partial charge on any atom is 0.342 e. The van der Waals surface area contributed by atoms with Crippen molar-refractivity contribution >= 4 is 11.8 Å². The van der Waals surface area contributed by atoms with Crippen LogP contribution < -0.4 is 0 Å². The Balaban J connectivity index is 1.34. The molecule has 4 nitrogen and oxygen atoms in total. The van der Waals surface area contributed by atoms with Crippen LogP contribution in [0.25, 0.3) is 0 Å². The number of rotatable bonds is 4. The summed E-state index contributed by atoms with van der Waals surface area (Å²) in [6.07, 6.45) is 13.8. The average molecular weight is 435 g/mol. The van der Waals surface area contributed by atoms with Crippen molar-refractivity contribution in [3.63, 3.8) is 0 Å². The molecule has 3 fully saturated rings. The maximum absolute atomic E-state index is 12.3. The topological polar surface area (TPSA) is 63.6 Å². The van der Waals surface area contributed by atoms with Gasteiger partial charge in [0.1, 0.15) is 0 Å². The minimum Gasteiger partial charge on any atom is -0.431 e. The molecule has 0 bridgehead atoms. The zero-order valence-electron chi connectivity index (χ0n) is 19.0. The molecule has 3 saturated carbocycles. The van der Waals surface area contributed by atoms with Gasteiger partial charge in [-0.1, -0.05) is 30.7 Å². The third-order valence-electron chi connectivity index (χ3n) is 9.37. The van der Waals surface area contributed by atoms with Crippen LogP contribution in [0.2, 0.25) is 0 Å². The van der Waals surface area contributed by atoms with Gasteiger partial charge in [-0.15, -0.1) is 0 Å². The molecule has 32 heavy (non-hydrogen) atoms. The van der Waals surface area contributed by atoms with Crippen LogP contribution in [-0.2, 0) is 9.53 Å². The second-order valence-corrected chi connectivity index (χ2v) is 10.4. The van der Waals surface area contributed by atoms with Crippen molar-refractivity contribution in [1.29, 1.82) is 0 Å². The molecule has 170 valence electrons. The van der Waals surface area contributed by atoms with E-state index in [1.165, 1.54) is 11.8 Å². The first-order valence-corrected chi connectivity index (χ1v) is 12.4. The van der Waals surface area contributed by atoms with Crippen LogP contribution in [0.4, 0.5) is 0 Å². The van der Waals surface area contributed by atoms with E-state index in [2.05, 4.69) is 6.92 Å². The quantitative estimate of drug-likeness (QED) is 0.493. The molecule has 1 N–H and O–H groups in total. The molecule has 0 spiro atoms. The van der Waals surface area contributed by atoms with Crippen molar-refractivity contribution in [2.24, 2.45) is 29.1 Å². The Morgan fingerprint density at radius 3 is 2.69 bits per heavy atom. The molecule has 1 aromatic rings. The van der Waals surface area contributed by atoms with E-state index < -0.39 is 11.6 Å². The van der Waals surface area contributed by atoms with Crippen LogP contribution in [-0.4, -0.2) is 22.5 Å². The number of allylic oxidation sites excluding steroid dienone is 1. The van der Waals surface area contributed by atoms with Gasteiger partial charge in [-0.25, -0.2) is 4.79 Å². The lowest BCUT2D eigenvalue weighted by Crippen LogP contribution is -2.53. The zero-order chi connectivity index (χ0) is 22.3. The molecule has 5 rings (SSSR count). The Labute approximate surface area is 190 Å². The largest absolute Gasteiger partial charge is 0.431 e. The molecule has 1 aromatic carbocycles. The summed E-state index contributed by atoms with van der Waals surface area (Å²) in [7, 11) is 0. The summed E-state index contributed by atoms with van der Waals surface area (Å²) in [5.41, 5.74) is 0.811. The van der Waals surface area contributed by atoms with E-state index in [4.69, 9.17) is 4.74 Å². The maximum atomic E-state index is 12.3. The Morgan fingerprint density at radius 2 is 1.91 bits per heavy atom. The van der Waals surface area contributed by atoms with Gasteiger partial charge in [-0.05, 0) is 99.3 Å².